The molecule has 2 N–H and O–H groups in total. The van der Waals surface area contributed by atoms with Crippen LogP contribution in [0.15, 0.2) is 28.7 Å². The largest absolute Gasteiger partial charge is 0.387 e. The molecule has 1 aromatic rings. The summed E-state index contributed by atoms with van der Waals surface area (Å²) in [4.78, 5) is 2.52. The Labute approximate surface area is 130 Å². The van der Waals surface area contributed by atoms with Crippen LogP contribution in [0, 0.1) is 5.92 Å². The third kappa shape index (κ3) is 4.55. The first-order valence-corrected chi connectivity index (χ1v) is 8.24. The minimum absolute atomic E-state index is 0.435. The standard InChI is InChI=1S/C16H25BrN2O/c1-12(2)19-7-6-13(11-19)9-18-10-16(20)14-4-3-5-15(17)8-14/h3-5,8,12-13,16,18,20H,6-7,9-11H2,1-2H3. The summed E-state index contributed by atoms with van der Waals surface area (Å²) in [5.41, 5.74) is 0.960. The molecule has 1 saturated heterocycles. The third-order valence-corrected chi connectivity index (χ3v) is 4.54. The van der Waals surface area contributed by atoms with Crippen LogP contribution in [0.5, 0.6) is 0 Å². The van der Waals surface area contributed by atoms with Crippen LogP contribution in [0.25, 0.3) is 0 Å². The maximum atomic E-state index is 10.2. The molecule has 2 atom stereocenters. The highest BCUT2D eigenvalue weighted by Crippen LogP contribution is 2.19. The fraction of sp³-hybridized carbons (Fsp3) is 0.625. The van der Waals surface area contributed by atoms with Crippen LogP contribution in [0.3, 0.4) is 0 Å². The van der Waals surface area contributed by atoms with Gasteiger partial charge >= 0.3 is 0 Å². The summed E-state index contributed by atoms with van der Waals surface area (Å²) in [5.74, 6) is 0.715. The molecule has 1 aliphatic heterocycles. The van der Waals surface area contributed by atoms with Crippen molar-refractivity contribution in [3.05, 3.63) is 34.3 Å². The lowest BCUT2D eigenvalue weighted by Crippen LogP contribution is -2.32. The molecular weight excluding hydrogens is 316 g/mol. The second-order valence-electron chi connectivity index (χ2n) is 5.97. The van der Waals surface area contributed by atoms with E-state index in [0.29, 0.717) is 18.5 Å². The monoisotopic (exact) mass is 340 g/mol. The van der Waals surface area contributed by atoms with Crippen LogP contribution in [0.2, 0.25) is 0 Å². The Morgan fingerprint density at radius 1 is 1.45 bits per heavy atom. The fourth-order valence-corrected chi connectivity index (χ4v) is 3.17. The van der Waals surface area contributed by atoms with Crippen molar-refractivity contribution in [3.8, 4) is 0 Å². The van der Waals surface area contributed by atoms with Crippen LogP contribution in [-0.4, -0.2) is 42.2 Å². The fourth-order valence-electron chi connectivity index (χ4n) is 2.75. The average Bonchev–Trinajstić information content (AvgIpc) is 2.87. The summed E-state index contributed by atoms with van der Waals surface area (Å²) < 4.78 is 1.01. The van der Waals surface area contributed by atoms with E-state index in [0.717, 1.165) is 16.6 Å². The molecule has 0 spiro atoms. The molecule has 2 unspecified atom stereocenters. The molecule has 0 aliphatic carbocycles. The van der Waals surface area contributed by atoms with Gasteiger partial charge in [-0.05, 0) is 57.0 Å². The molecule has 112 valence electrons. The number of nitrogens with one attached hydrogen (secondary N) is 1. The summed E-state index contributed by atoms with van der Waals surface area (Å²) in [7, 11) is 0. The minimum Gasteiger partial charge on any atom is -0.387 e. The maximum Gasteiger partial charge on any atom is 0.0914 e. The van der Waals surface area contributed by atoms with E-state index in [-0.39, 0.29) is 0 Å². The molecule has 1 aromatic carbocycles. The van der Waals surface area contributed by atoms with Crippen molar-refractivity contribution in [2.45, 2.75) is 32.4 Å². The van der Waals surface area contributed by atoms with Crippen molar-refractivity contribution in [2.75, 3.05) is 26.2 Å². The van der Waals surface area contributed by atoms with E-state index in [1.807, 2.05) is 24.3 Å². The number of benzene rings is 1. The first-order valence-electron chi connectivity index (χ1n) is 7.44. The van der Waals surface area contributed by atoms with Gasteiger partial charge in [0.15, 0.2) is 0 Å². The number of halogens is 1. The smallest absolute Gasteiger partial charge is 0.0914 e. The molecule has 0 amide bonds. The minimum atomic E-state index is -0.435. The van der Waals surface area contributed by atoms with E-state index >= 15 is 0 Å². The van der Waals surface area contributed by atoms with E-state index in [9.17, 15) is 5.11 Å². The van der Waals surface area contributed by atoms with E-state index in [1.54, 1.807) is 0 Å². The zero-order valence-corrected chi connectivity index (χ0v) is 13.9. The molecular formula is C16H25BrN2O. The topological polar surface area (TPSA) is 35.5 Å². The van der Waals surface area contributed by atoms with Gasteiger partial charge < -0.3 is 15.3 Å². The van der Waals surface area contributed by atoms with Crippen LogP contribution in [-0.2, 0) is 0 Å². The van der Waals surface area contributed by atoms with Crippen molar-refractivity contribution in [3.63, 3.8) is 0 Å². The Balaban J connectivity index is 1.71. The van der Waals surface area contributed by atoms with E-state index in [4.69, 9.17) is 0 Å². The quantitative estimate of drug-likeness (QED) is 0.835. The summed E-state index contributed by atoms with van der Waals surface area (Å²) >= 11 is 3.44. The van der Waals surface area contributed by atoms with Gasteiger partial charge in [-0.25, -0.2) is 0 Å². The Bertz CT molecular complexity index is 425. The Kier molecular flexibility index (Phi) is 6.02. The third-order valence-electron chi connectivity index (χ3n) is 4.05. The summed E-state index contributed by atoms with van der Waals surface area (Å²) in [6.45, 7) is 8.51. The van der Waals surface area contributed by atoms with Crippen LogP contribution < -0.4 is 5.32 Å². The highest BCUT2D eigenvalue weighted by atomic mass is 79.9. The number of aliphatic hydroxyl groups is 1. The Hall–Kier alpha value is -0.420. The van der Waals surface area contributed by atoms with Crippen LogP contribution in [0.4, 0.5) is 0 Å². The van der Waals surface area contributed by atoms with Crippen molar-refractivity contribution in [2.24, 2.45) is 5.92 Å². The maximum absolute atomic E-state index is 10.2. The van der Waals surface area contributed by atoms with Gasteiger partial charge in [-0.1, -0.05) is 28.1 Å². The highest BCUT2D eigenvalue weighted by molar-refractivity contribution is 9.10. The average molecular weight is 341 g/mol. The number of aliphatic hydroxyl groups excluding tert-OH is 1. The van der Waals surface area contributed by atoms with Gasteiger partial charge in [0.05, 0.1) is 6.10 Å². The number of hydrogen-bond acceptors (Lipinski definition) is 3. The zero-order valence-electron chi connectivity index (χ0n) is 12.3. The van der Waals surface area contributed by atoms with Crippen molar-refractivity contribution in [1.82, 2.24) is 10.2 Å². The Morgan fingerprint density at radius 3 is 2.90 bits per heavy atom. The SMILES string of the molecule is CC(C)N1CCC(CNCC(O)c2cccc(Br)c2)C1. The molecule has 20 heavy (non-hydrogen) atoms. The van der Waals surface area contributed by atoms with Gasteiger partial charge in [0.25, 0.3) is 0 Å². The molecule has 1 fully saturated rings. The van der Waals surface area contributed by atoms with E-state index in [2.05, 4.69) is 40.0 Å². The lowest BCUT2D eigenvalue weighted by atomic mass is 10.1. The molecule has 4 heteroatoms. The van der Waals surface area contributed by atoms with Crippen molar-refractivity contribution in [1.29, 1.82) is 0 Å². The molecule has 1 aliphatic rings. The molecule has 0 bridgehead atoms. The Morgan fingerprint density at radius 2 is 2.25 bits per heavy atom. The molecule has 3 nitrogen and oxygen atoms in total. The first kappa shape index (κ1) is 16.0. The first-order chi connectivity index (χ1) is 9.56. The normalized spacial score (nSPS) is 21.6. The van der Waals surface area contributed by atoms with Crippen molar-refractivity contribution < 1.29 is 5.11 Å². The molecule has 1 heterocycles. The second-order valence-corrected chi connectivity index (χ2v) is 6.89. The van der Waals surface area contributed by atoms with Crippen LogP contribution >= 0.6 is 15.9 Å². The van der Waals surface area contributed by atoms with Crippen molar-refractivity contribution >= 4 is 15.9 Å². The van der Waals surface area contributed by atoms with Gasteiger partial charge in [0.2, 0.25) is 0 Å². The molecule has 0 saturated carbocycles. The highest BCUT2D eigenvalue weighted by Gasteiger charge is 2.23. The van der Waals surface area contributed by atoms with E-state index in [1.165, 1.54) is 19.5 Å². The number of hydrogen-bond donors (Lipinski definition) is 2. The molecule has 2 rings (SSSR count). The van der Waals surface area contributed by atoms with Gasteiger partial charge in [0, 0.05) is 23.6 Å². The number of nitrogens with zero attached hydrogens (tertiary/aromatic N) is 1. The summed E-state index contributed by atoms with van der Waals surface area (Å²) in [6, 6.07) is 8.52. The molecule has 0 aromatic heterocycles. The summed E-state index contributed by atoms with van der Waals surface area (Å²) in [6.07, 6.45) is 0.827. The van der Waals surface area contributed by atoms with Gasteiger partial charge in [0.1, 0.15) is 0 Å². The molecule has 0 radical (unpaired) electrons. The van der Waals surface area contributed by atoms with Gasteiger partial charge in [-0.2, -0.15) is 0 Å². The van der Waals surface area contributed by atoms with Gasteiger partial charge in [-0.15, -0.1) is 0 Å². The summed E-state index contributed by atoms with van der Waals surface area (Å²) in [5, 5.41) is 13.6. The lowest BCUT2D eigenvalue weighted by molar-refractivity contribution is 0.172. The predicted molar refractivity (Wildman–Crippen MR) is 86.8 cm³/mol. The van der Waals surface area contributed by atoms with E-state index < -0.39 is 6.10 Å². The zero-order chi connectivity index (χ0) is 14.5. The second kappa shape index (κ2) is 7.55. The number of rotatable bonds is 6. The van der Waals surface area contributed by atoms with Crippen LogP contribution in [0.1, 0.15) is 31.9 Å². The predicted octanol–water partition coefficient (Wildman–Crippen LogP) is 2.80. The number of likely N-dealkylation sites (tertiary alicyclic amines) is 1. The lowest BCUT2D eigenvalue weighted by Gasteiger charge is -2.20. The van der Waals surface area contributed by atoms with Gasteiger partial charge in [-0.3, -0.25) is 0 Å².